The van der Waals surface area contributed by atoms with E-state index in [1.165, 1.54) is 59.6 Å². The van der Waals surface area contributed by atoms with Crippen molar-refractivity contribution in [3.05, 3.63) is 129 Å². The molecule has 0 spiro atoms. The average molecular weight is 655 g/mol. The molecule has 3 heterocycles. The average Bonchev–Trinajstić information content (AvgIpc) is 3.04. The fraction of sp³-hybridized carbons (Fsp3) is 0.273. The molecule has 1 unspecified atom stereocenters. The van der Waals surface area contributed by atoms with Gasteiger partial charge < -0.3 is 9.47 Å². The van der Waals surface area contributed by atoms with E-state index in [2.05, 4.69) is 5.10 Å². The third kappa shape index (κ3) is 5.46. The highest BCUT2D eigenvalue weighted by Crippen LogP contribution is 2.45. The molecule has 244 valence electrons. The van der Waals surface area contributed by atoms with Crippen LogP contribution < -0.4 is 10.2 Å². The summed E-state index contributed by atoms with van der Waals surface area (Å²) in [5.74, 6) is -6.01. The number of amides is 1. The van der Waals surface area contributed by atoms with Crippen LogP contribution in [-0.4, -0.2) is 58.1 Å². The zero-order chi connectivity index (χ0) is 33.5. The van der Waals surface area contributed by atoms with Gasteiger partial charge in [-0.15, -0.1) is 0 Å². The highest BCUT2D eigenvalue weighted by Gasteiger charge is 2.64. The molecule has 0 bridgehead atoms. The first-order chi connectivity index (χ1) is 22.5. The number of halogens is 5. The lowest BCUT2D eigenvalue weighted by molar-refractivity contribution is -0.272. The van der Waals surface area contributed by atoms with Crippen LogP contribution in [0, 0.1) is 11.6 Å². The van der Waals surface area contributed by atoms with Crippen LogP contribution in [0.25, 0.3) is 0 Å². The number of hydrogen-bond acceptors (Lipinski definition) is 7. The van der Waals surface area contributed by atoms with Gasteiger partial charge in [0.2, 0.25) is 11.2 Å². The number of aromatic nitrogens is 2. The van der Waals surface area contributed by atoms with Crippen LogP contribution in [0.3, 0.4) is 0 Å². The molecule has 0 N–H and O–H groups in total. The summed E-state index contributed by atoms with van der Waals surface area (Å²) in [6.07, 6.45) is -4.58. The van der Waals surface area contributed by atoms with E-state index in [1.807, 2.05) is 0 Å². The molecule has 47 heavy (non-hydrogen) atoms. The summed E-state index contributed by atoms with van der Waals surface area (Å²) in [6.45, 7) is 0.425. The van der Waals surface area contributed by atoms with E-state index in [4.69, 9.17) is 9.47 Å². The minimum absolute atomic E-state index is 0.138. The number of nitrogens with zero attached hydrogens (tertiary/aromatic N) is 4. The van der Waals surface area contributed by atoms with Gasteiger partial charge in [0.15, 0.2) is 5.69 Å². The quantitative estimate of drug-likeness (QED) is 0.197. The zero-order valence-corrected chi connectivity index (χ0v) is 24.8. The first-order valence-electron chi connectivity index (χ1n) is 14.6. The first kappa shape index (κ1) is 32.0. The number of esters is 1. The molecule has 1 amide bonds. The van der Waals surface area contributed by atoms with E-state index in [-0.39, 0.29) is 13.1 Å². The second kappa shape index (κ2) is 12.3. The predicted molar refractivity (Wildman–Crippen MR) is 156 cm³/mol. The molecule has 2 aliphatic rings. The smallest absolute Gasteiger partial charge is 0.417 e. The molecule has 6 rings (SSSR count). The number of rotatable bonds is 7. The Morgan fingerprint density at radius 1 is 0.894 bits per heavy atom. The van der Waals surface area contributed by atoms with Crippen LogP contribution in [0.5, 0.6) is 5.75 Å². The van der Waals surface area contributed by atoms with Crippen LogP contribution in [0.15, 0.2) is 89.9 Å². The normalized spacial score (nSPS) is 18.0. The number of ether oxygens (including phenoxy) is 2. The van der Waals surface area contributed by atoms with E-state index in [9.17, 15) is 36.3 Å². The van der Waals surface area contributed by atoms with Crippen molar-refractivity contribution in [3.8, 4) is 5.75 Å². The largest absolute Gasteiger partial charge is 0.432 e. The molecule has 1 aromatic heterocycles. The molecule has 4 aromatic rings. The Labute approximate surface area is 264 Å². The van der Waals surface area contributed by atoms with Gasteiger partial charge in [-0.3, -0.25) is 14.6 Å². The lowest BCUT2D eigenvalue weighted by Crippen LogP contribution is -2.60. The highest BCUT2D eigenvalue weighted by atomic mass is 19.4. The summed E-state index contributed by atoms with van der Waals surface area (Å²) < 4.78 is 84.5. The van der Waals surface area contributed by atoms with Crippen molar-refractivity contribution in [2.75, 3.05) is 20.2 Å². The second-order valence-corrected chi connectivity index (χ2v) is 11.1. The number of carbonyl (C=O) groups is 2. The molecule has 3 aromatic carbocycles. The third-order valence-corrected chi connectivity index (χ3v) is 8.36. The SMILES string of the molecule is COC(C(=O)Oc1c2n(ncc1=O)[C@H](C(c1cccc(F)c1)c1cccc(F)c1)N1CCCCN1C2=O)(c1ccccc1)C(F)(F)F. The molecule has 9 nitrogen and oxygen atoms in total. The van der Waals surface area contributed by atoms with Crippen molar-refractivity contribution < 1.29 is 41.0 Å². The Hall–Kier alpha value is -4.95. The van der Waals surface area contributed by atoms with Gasteiger partial charge in [-0.05, 0) is 48.2 Å². The molecule has 2 aliphatic heterocycles. The summed E-state index contributed by atoms with van der Waals surface area (Å²) in [5, 5.41) is 7.13. The maximum absolute atomic E-state index is 14.7. The van der Waals surface area contributed by atoms with Gasteiger partial charge in [-0.1, -0.05) is 54.6 Å². The molecule has 0 saturated carbocycles. The van der Waals surface area contributed by atoms with Crippen molar-refractivity contribution in [2.45, 2.75) is 36.7 Å². The van der Waals surface area contributed by atoms with E-state index < -0.39 is 69.8 Å². The Bertz CT molecular complexity index is 1840. The molecular formula is C33H27F5N4O5. The van der Waals surface area contributed by atoms with Crippen molar-refractivity contribution in [1.82, 2.24) is 19.8 Å². The maximum Gasteiger partial charge on any atom is 0.432 e. The molecule has 2 atom stereocenters. The number of benzene rings is 3. The number of methoxy groups -OCH3 is 1. The van der Waals surface area contributed by atoms with Gasteiger partial charge in [0, 0.05) is 31.7 Å². The summed E-state index contributed by atoms with van der Waals surface area (Å²) in [5.41, 5.74) is -5.33. The van der Waals surface area contributed by atoms with Crippen LogP contribution in [0.2, 0.25) is 0 Å². The second-order valence-electron chi connectivity index (χ2n) is 11.1. The van der Waals surface area contributed by atoms with E-state index in [1.54, 1.807) is 17.1 Å². The van der Waals surface area contributed by atoms with Crippen LogP contribution in [0.1, 0.15) is 52.1 Å². The molecular weight excluding hydrogens is 627 g/mol. The van der Waals surface area contributed by atoms with Gasteiger partial charge in [0.05, 0.1) is 6.20 Å². The van der Waals surface area contributed by atoms with Gasteiger partial charge in [0.1, 0.15) is 17.8 Å². The van der Waals surface area contributed by atoms with Gasteiger partial charge in [0.25, 0.3) is 11.5 Å². The molecule has 14 heteroatoms. The number of carbonyl (C=O) groups excluding carboxylic acids is 2. The van der Waals surface area contributed by atoms with Crippen molar-refractivity contribution in [1.29, 1.82) is 0 Å². The summed E-state index contributed by atoms with van der Waals surface area (Å²) in [4.78, 5) is 41.0. The van der Waals surface area contributed by atoms with Gasteiger partial charge in [-0.25, -0.2) is 18.3 Å². The topological polar surface area (TPSA) is 94.0 Å². The Kier molecular flexibility index (Phi) is 8.40. The maximum atomic E-state index is 14.7. The minimum Gasteiger partial charge on any atom is -0.417 e. The molecule has 1 saturated heterocycles. The number of hydrogen-bond donors (Lipinski definition) is 0. The fourth-order valence-electron chi connectivity index (χ4n) is 6.27. The van der Waals surface area contributed by atoms with Crippen molar-refractivity contribution >= 4 is 11.9 Å². The van der Waals surface area contributed by atoms with Crippen LogP contribution >= 0.6 is 0 Å². The molecule has 1 fully saturated rings. The molecule has 0 radical (unpaired) electrons. The number of hydrazine groups is 1. The van der Waals surface area contributed by atoms with Crippen molar-refractivity contribution in [2.24, 2.45) is 0 Å². The van der Waals surface area contributed by atoms with Crippen LogP contribution in [-0.2, 0) is 15.1 Å². The Balaban J connectivity index is 1.57. The first-order valence-corrected chi connectivity index (χ1v) is 14.6. The predicted octanol–water partition coefficient (Wildman–Crippen LogP) is 5.33. The summed E-state index contributed by atoms with van der Waals surface area (Å²) in [6, 6.07) is 17.0. The van der Waals surface area contributed by atoms with Crippen molar-refractivity contribution in [3.63, 3.8) is 0 Å². The van der Waals surface area contributed by atoms with Gasteiger partial charge >= 0.3 is 12.1 Å². The minimum atomic E-state index is -5.36. The zero-order valence-electron chi connectivity index (χ0n) is 24.8. The lowest BCUT2D eigenvalue weighted by atomic mass is 9.87. The number of fused-ring (bicyclic) bond motifs is 2. The monoisotopic (exact) mass is 654 g/mol. The highest BCUT2D eigenvalue weighted by molar-refractivity contribution is 5.97. The Morgan fingerprint density at radius 3 is 2.09 bits per heavy atom. The lowest BCUT2D eigenvalue weighted by Gasteiger charge is -2.49. The molecule has 0 aliphatic carbocycles. The summed E-state index contributed by atoms with van der Waals surface area (Å²) >= 11 is 0. The van der Waals surface area contributed by atoms with Gasteiger partial charge in [-0.2, -0.15) is 23.3 Å². The Morgan fingerprint density at radius 2 is 1.51 bits per heavy atom. The third-order valence-electron chi connectivity index (χ3n) is 8.36. The van der Waals surface area contributed by atoms with E-state index in [0.29, 0.717) is 37.3 Å². The van der Waals surface area contributed by atoms with Crippen LogP contribution in [0.4, 0.5) is 22.0 Å². The fourth-order valence-corrected chi connectivity index (χ4v) is 6.27. The standard InChI is InChI=1S/C33H27F5N4O5/c1-46-32(33(36,37)38,22-11-3-2-4-12-22)31(45)47-28-25(43)19-39-42-27(28)30(44)41-16-6-5-15-40(41)29(42)26(20-9-7-13-23(34)17-20)21-10-8-14-24(35)18-21/h2-4,7-14,17-19,26,29H,5-6,15-16H2,1H3/t29-,32?/m1/s1. The van der Waals surface area contributed by atoms with E-state index >= 15 is 0 Å². The number of alkyl halides is 3. The van der Waals surface area contributed by atoms with E-state index in [0.717, 1.165) is 16.8 Å². The summed E-state index contributed by atoms with van der Waals surface area (Å²) in [7, 11) is 0.673.